The van der Waals surface area contributed by atoms with Gasteiger partial charge in [-0.2, -0.15) is 0 Å². The zero-order valence-corrected chi connectivity index (χ0v) is 24.6. The van der Waals surface area contributed by atoms with E-state index in [2.05, 4.69) is 23.8 Å². The number of rotatable bonds is 17. The largest absolute Gasteiger partial charge is 0.530 e. The lowest BCUT2D eigenvalue weighted by atomic mass is 10.0. The van der Waals surface area contributed by atoms with Gasteiger partial charge >= 0.3 is 13.9 Å². The summed E-state index contributed by atoms with van der Waals surface area (Å²) in [6.07, 6.45) is 2.01. The number of alkyl halides is 1. The van der Waals surface area contributed by atoms with Crippen LogP contribution in [0.2, 0.25) is 0 Å². The Labute approximate surface area is 235 Å². The fraction of sp³-hybridized carbons (Fsp3) is 0.519. The normalized spacial score (nSPS) is 13.2. The van der Waals surface area contributed by atoms with Crippen LogP contribution in [0.4, 0.5) is 9.18 Å². The summed E-state index contributed by atoms with van der Waals surface area (Å²) in [7, 11) is -4.14. The third-order valence-electron chi connectivity index (χ3n) is 4.99. The number of nitrogens with two attached hydrogens (primary N) is 1. The Morgan fingerprint density at radius 1 is 1.07 bits per heavy atom. The maximum Gasteiger partial charge on any atom is 0.530 e. The lowest BCUT2D eigenvalue weighted by Crippen LogP contribution is -2.54. The van der Waals surface area contributed by atoms with Gasteiger partial charge in [-0.1, -0.05) is 32.1 Å². The molecule has 2 atom stereocenters. The molecule has 224 valence electrons. The molecule has 0 radical (unpaired) electrons. The van der Waals surface area contributed by atoms with Gasteiger partial charge in [-0.3, -0.25) is 18.6 Å². The highest BCUT2D eigenvalue weighted by molar-refractivity contribution is 7.48. The van der Waals surface area contributed by atoms with E-state index in [1.165, 1.54) is 30.4 Å². The molecule has 2 unspecified atom stereocenters. The molecule has 0 aromatic heterocycles. The molecule has 0 fully saturated rings. The second-order valence-corrected chi connectivity index (χ2v) is 11.9. The number of hydrogen-bond donors (Lipinski definition) is 3. The summed E-state index contributed by atoms with van der Waals surface area (Å²) in [6.45, 7) is 14.4. The Morgan fingerprint density at radius 3 is 2.15 bits per heavy atom. The van der Waals surface area contributed by atoms with Crippen LogP contribution in [0.15, 0.2) is 43.5 Å². The van der Waals surface area contributed by atoms with Crippen LogP contribution in [0.1, 0.15) is 52.2 Å². The quantitative estimate of drug-likeness (QED) is 0.178. The van der Waals surface area contributed by atoms with Gasteiger partial charge < -0.3 is 25.6 Å². The average molecular weight is 586 g/mol. The first-order valence-corrected chi connectivity index (χ1v) is 14.2. The summed E-state index contributed by atoms with van der Waals surface area (Å²) in [6, 6.07) is 2.06. The predicted molar refractivity (Wildman–Crippen MR) is 149 cm³/mol. The summed E-state index contributed by atoms with van der Waals surface area (Å²) >= 11 is 0. The van der Waals surface area contributed by atoms with Crippen molar-refractivity contribution in [2.75, 3.05) is 13.2 Å². The number of phosphoric ester groups is 1. The number of ether oxygens (including phenoxy) is 1. The highest BCUT2D eigenvalue weighted by atomic mass is 31.2. The van der Waals surface area contributed by atoms with E-state index in [1.807, 2.05) is 13.8 Å². The molecule has 1 aromatic rings. The molecule has 0 saturated carbocycles. The van der Waals surface area contributed by atoms with Gasteiger partial charge in [-0.05, 0) is 50.8 Å². The monoisotopic (exact) mass is 585 g/mol. The molecule has 0 aliphatic carbocycles. The Bertz CT molecular complexity index is 1070. The van der Waals surface area contributed by atoms with E-state index in [0.717, 1.165) is 0 Å². The number of benzene rings is 1. The van der Waals surface area contributed by atoms with Crippen LogP contribution in [0, 0.1) is 5.92 Å². The molecule has 4 N–H and O–H groups in total. The first kappa shape index (κ1) is 34.8. The third-order valence-corrected chi connectivity index (χ3v) is 6.35. The molecule has 1 rings (SSSR count). The maximum absolute atomic E-state index is 14.0. The highest BCUT2D eigenvalue weighted by Gasteiger charge is 2.31. The van der Waals surface area contributed by atoms with E-state index in [9.17, 15) is 23.3 Å². The van der Waals surface area contributed by atoms with Gasteiger partial charge in [0.2, 0.25) is 11.8 Å². The molecular formula is C27H41FN3O8P. The first-order chi connectivity index (χ1) is 18.6. The van der Waals surface area contributed by atoms with Crippen molar-refractivity contribution in [3.05, 3.63) is 54.6 Å². The van der Waals surface area contributed by atoms with Crippen LogP contribution in [0.5, 0.6) is 5.75 Å². The number of alkyl carbamates (subject to hydrolysis) is 1. The van der Waals surface area contributed by atoms with Crippen molar-refractivity contribution in [2.45, 2.75) is 71.8 Å². The standard InChI is InChI=1S/C27H41FN3O8P/c1-8-12-36-40(35,37-13-9-2)39-23-11-10-19(15-20(23)17-28)16-22(31-26(34)38-27(5,6)7)25(33)30-21(24(29)32)14-18(3)4/h8-11,15,18,21-22H,1-2,12-14,16-17H2,3-7H3,(H2,29,32)(H,30,33)(H,31,34). The van der Waals surface area contributed by atoms with Gasteiger partial charge in [0.1, 0.15) is 30.1 Å². The predicted octanol–water partition coefficient (Wildman–Crippen LogP) is 4.50. The first-order valence-electron chi connectivity index (χ1n) is 12.7. The second kappa shape index (κ2) is 16.2. The molecule has 40 heavy (non-hydrogen) atoms. The Morgan fingerprint density at radius 2 is 1.68 bits per heavy atom. The SMILES string of the molecule is C=CCOP(=O)(OCC=C)Oc1ccc(CC(NC(=O)OC(C)(C)C)C(=O)NC(CC(C)C)C(N)=O)cc1CF. The minimum absolute atomic E-state index is 0.00613. The van der Waals surface area contributed by atoms with Crippen molar-refractivity contribution >= 4 is 25.7 Å². The smallest absolute Gasteiger partial charge is 0.444 e. The lowest BCUT2D eigenvalue weighted by Gasteiger charge is -2.25. The summed E-state index contributed by atoms with van der Waals surface area (Å²) < 4.78 is 48.0. The molecule has 0 spiro atoms. The van der Waals surface area contributed by atoms with Gasteiger partial charge in [0.15, 0.2) is 0 Å². The molecule has 11 nitrogen and oxygen atoms in total. The minimum Gasteiger partial charge on any atom is -0.444 e. The number of nitrogens with one attached hydrogen (secondary N) is 2. The van der Waals surface area contributed by atoms with Crippen LogP contribution in [-0.4, -0.2) is 48.8 Å². The zero-order valence-electron chi connectivity index (χ0n) is 23.7. The number of primary amides is 1. The molecule has 3 amide bonds. The topological polar surface area (TPSA) is 155 Å². The van der Waals surface area contributed by atoms with Crippen molar-refractivity contribution in [1.29, 1.82) is 0 Å². The number of carbonyl (C=O) groups is 3. The van der Waals surface area contributed by atoms with Crippen molar-refractivity contribution in [1.82, 2.24) is 10.6 Å². The van der Waals surface area contributed by atoms with Crippen LogP contribution >= 0.6 is 7.82 Å². The summed E-state index contributed by atoms with van der Waals surface area (Å²) in [5, 5.41) is 5.08. The second-order valence-electron chi connectivity index (χ2n) is 10.3. The molecule has 0 aliphatic heterocycles. The number of halogens is 1. The van der Waals surface area contributed by atoms with E-state index in [4.69, 9.17) is 24.0 Å². The van der Waals surface area contributed by atoms with Gasteiger partial charge in [0.25, 0.3) is 0 Å². The number of carbonyl (C=O) groups excluding carboxylic acids is 3. The number of amides is 3. The van der Waals surface area contributed by atoms with Crippen LogP contribution in [0.25, 0.3) is 0 Å². The fourth-order valence-corrected chi connectivity index (χ4v) is 4.51. The van der Waals surface area contributed by atoms with Gasteiger partial charge in [0, 0.05) is 12.0 Å². The number of phosphoric acid groups is 1. The molecular weight excluding hydrogens is 544 g/mol. The minimum atomic E-state index is -4.14. The van der Waals surface area contributed by atoms with Crippen LogP contribution in [-0.2, 0) is 41.0 Å². The van der Waals surface area contributed by atoms with E-state index in [-0.39, 0.29) is 36.9 Å². The summed E-state index contributed by atoms with van der Waals surface area (Å²) in [5.74, 6) is -1.45. The number of hydrogen-bond acceptors (Lipinski definition) is 8. The lowest BCUT2D eigenvalue weighted by molar-refractivity contribution is -0.128. The van der Waals surface area contributed by atoms with Crippen molar-refractivity contribution in [3.63, 3.8) is 0 Å². The Kier molecular flexibility index (Phi) is 14.1. The van der Waals surface area contributed by atoms with Crippen LogP contribution in [0.3, 0.4) is 0 Å². The molecule has 13 heteroatoms. The molecule has 0 saturated heterocycles. The van der Waals surface area contributed by atoms with E-state index >= 15 is 0 Å². The Balaban J connectivity index is 3.28. The van der Waals surface area contributed by atoms with E-state index in [1.54, 1.807) is 20.8 Å². The van der Waals surface area contributed by atoms with Gasteiger partial charge in [0.05, 0.1) is 13.2 Å². The van der Waals surface area contributed by atoms with Crippen molar-refractivity contribution in [3.8, 4) is 5.75 Å². The average Bonchev–Trinajstić information content (AvgIpc) is 2.84. The molecule has 1 aromatic carbocycles. The summed E-state index contributed by atoms with van der Waals surface area (Å²) in [4.78, 5) is 37.6. The fourth-order valence-electron chi connectivity index (χ4n) is 3.34. The Hall–Kier alpha value is -3.21. The van der Waals surface area contributed by atoms with Gasteiger partial charge in [-0.25, -0.2) is 13.8 Å². The van der Waals surface area contributed by atoms with Crippen molar-refractivity contribution < 1.29 is 41.6 Å². The van der Waals surface area contributed by atoms with Gasteiger partial charge in [-0.15, -0.1) is 13.2 Å². The maximum atomic E-state index is 14.0. The third kappa shape index (κ3) is 12.8. The molecule has 0 aliphatic rings. The van der Waals surface area contributed by atoms with E-state index in [0.29, 0.717) is 12.0 Å². The highest BCUT2D eigenvalue weighted by Crippen LogP contribution is 2.50. The zero-order chi connectivity index (χ0) is 30.5. The van der Waals surface area contributed by atoms with E-state index < -0.39 is 50.1 Å². The molecule has 0 heterocycles. The summed E-state index contributed by atoms with van der Waals surface area (Å²) in [5.41, 5.74) is 5.04. The molecule has 0 bridgehead atoms. The van der Waals surface area contributed by atoms with Crippen molar-refractivity contribution in [2.24, 2.45) is 11.7 Å². The van der Waals surface area contributed by atoms with Crippen LogP contribution < -0.4 is 20.9 Å².